The average Bonchev–Trinajstić information content (AvgIpc) is 2.30. The Hall–Kier alpha value is -1.11. The molecule has 1 aliphatic carbocycles. The Kier molecular flexibility index (Phi) is 3.42. The van der Waals surface area contributed by atoms with Crippen molar-refractivity contribution in [3.05, 3.63) is 35.4 Å². The van der Waals surface area contributed by atoms with Gasteiger partial charge in [-0.3, -0.25) is 0 Å². The Balaban J connectivity index is 2.14. The summed E-state index contributed by atoms with van der Waals surface area (Å²) in [6.07, 6.45) is 8.01. The summed E-state index contributed by atoms with van der Waals surface area (Å²) in [6, 6.07) is 8.55. The van der Waals surface area contributed by atoms with Crippen molar-refractivity contribution < 1.29 is 4.79 Å². The van der Waals surface area contributed by atoms with Gasteiger partial charge in [0.1, 0.15) is 6.29 Å². The third-order valence-electron chi connectivity index (χ3n) is 3.74. The second-order valence-corrected chi connectivity index (χ2v) is 5.21. The zero-order valence-electron chi connectivity index (χ0n) is 10.0. The SMILES string of the molecule is Cc1cccc(CC2(C=O)CCCCC2)c1. The summed E-state index contributed by atoms with van der Waals surface area (Å²) in [5, 5.41) is 0. The molecular weight excluding hydrogens is 196 g/mol. The predicted octanol–water partition coefficient (Wildman–Crippen LogP) is 3.69. The number of aryl methyl sites for hydroxylation is 1. The minimum Gasteiger partial charge on any atom is -0.303 e. The second-order valence-electron chi connectivity index (χ2n) is 5.21. The molecular formula is C15H20O. The van der Waals surface area contributed by atoms with Crippen molar-refractivity contribution in [2.24, 2.45) is 5.41 Å². The van der Waals surface area contributed by atoms with Gasteiger partial charge in [-0.25, -0.2) is 0 Å². The quantitative estimate of drug-likeness (QED) is 0.704. The topological polar surface area (TPSA) is 17.1 Å². The molecule has 1 nitrogen and oxygen atoms in total. The van der Waals surface area contributed by atoms with Crippen LogP contribution >= 0.6 is 0 Å². The normalized spacial score (nSPS) is 19.3. The number of hydrogen-bond donors (Lipinski definition) is 0. The van der Waals surface area contributed by atoms with Gasteiger partial charge in [0.05, 0.1) is 0 Å². The van der Waals surface area contributed by atoms with E-state index in [2.05, 4.69) is 31.2 Å². The van der Waals surface area contributed by atoms with Gasteiger partial charge in [-0.2, -0.15) is 0 Å². The minimum atomic E-state index is -0.0634. The van der Waals surface area contributed by atoms with Crippen molar-refractivity contribution in [1.82, 2.24) is 0 Å². The highest BCUT2D eigenvalue weighted by Crippen LogP contribution is 2.37. The Bertz CT molecular complexity index is 361. The third-order valence-corrected chi connectivity index (χ3v) is 3.74. The van der Waals surface area contributed by atoms with Crippen molar-refractivity contribution in [2.75, 3.05) is 0 Å². The molecule has 1 heteroatoms. The van der Waals surface area contributed by atoms with Gasteiger partial charge in [0.15, 0.2) is 0 Å². The van der Waals surface area contributed by atoms with Crippen LogP contribution in [-0.4, -0.2) is 6.29 Å². The van der Waals surface area contributed by atoms with E-state index in [0.717, 1.165) is 19.3 Å². The summed E-state index contributed by atoms with van der Waals surface area (Å²) in [7, 11) is 0. The molecule has 16 heavy (non-hydrogen) atoms. The van der Waals surface area contributed by atoms with Crippen LogP contribution in [0.1, 0.15) is 43.2 Å². The molecule has 0 heterocycles. The molecule has 0 unspecified atom stereocenters. The van der Waals surface area contributed by atoms with Crippen molar-refractivity contribution in [3.8, 4) is 0 Å². The van der Waals surface area contributed by atoms with E-state index in [-0.39, 0.29) is 5.41 Å². The number of carbonyl (C=O) groups is 1. The van der Waals surface area contributed by atoms with Gasteiger partial charge in [-0.1, -0.05) is 49.1 Å². The van der Waals surface area contributed by atoms with Crippen LogP contribution in [0.15, 0.2) is 24.3 Å². The van der Waals surface area contributed by atoms with Crippen LogP contribution in [0.2, 0.25) is 0 Å². The molecule has 86 valence electrons. The monoisotopic (exact) mass is 216 g/mol. The molecule has 2 rings (SSSR count). The fourth-order valence-corrected chi connectivity index (χ4v) is 2.82. The molecule has 1 fully saturated rings. The van der Waals surface area contributed by atoms with Crippen molar-refractivity contribution in [3.63, 3.8) is 0 Å². The molecule has 0 amide bonds. The van der Waals surface area contributed by atoms with E-state index in [0.29, 0.717) is 0 Å². The molecule has 1 aromatic carbocycles. The van der Waals surface area contributed by atoms with Crippen LogP contribution in [0, 0.1) is 12.3 Å². The van der Waals surface area contributed by atoms with Crippen molar-refractivity contribution >= 4 is 6.29 Å². The fraction of sp³-hybridized carbons (Fsp3) is 0.533. The number of benzene rings is 1. The highest BCUT2D eigenvalue weighted by atomic mass is 16.1. The van der Waals surface area contributed by atoms with Crippen LogP contribution in [0.25, 0.3) is 0 Å². The zero-order chi connectivity index (χ0) is 11.4. The maximum Gasteiger partial charge on any atom is 0.126 e. The number of carbonyl (C=O) groups excluding carboxylic acids is 1. The van der Waals surface area contributed by atoms with Crippen LogP contribution in [-0.2, 0) is 11.2 Å². The van der Waals surface area contributed by atoms with E-state index in [1.165, 1.54) is 36.7 Å². The highest BCUT2D eigenvalue weighted by molar-refractivity contribution is 5.60. The Morgan fingerprint density at radius 3 is 2.62 bits per heavy atom. The highest BCUT2D eigenvalue weighted by Gasteiger charge is 2.31. The fourth-order valence-electron chi connectivity index (χ4n) is 2.82. The van der Waals surface area contributed by atoms with Gasteiger partial charge in [-0.05, 0) is 31.7 Å². The average molecular weight is 216 g/mol. The van der Waals surface area contributed by atoms with Crippen LogP contribution in [0.5, 0.6) is 0 Å². The summed E-state index contributed by atoms with van der Waals surface area (Å²) < 4.78 is 0. The molecule has 0 radical (unpaired) electrons. The lowest BCUT2D eigenvalue weighted by Gasteiger charge is -2.32. The molecule has 0 bridgehead atoms. The van der Waals surface area contributed by atoms with Gasteiger partial charge < -0.3 is 4.79 Å². The Morgan fingerprint density at radius 2 is 2.00 bits per heavy atom. The number of aldehydes is 1. The molecule has 0 aromatic heterocycles. The lowest BCUT2D eigenvalue weighted by atomic mass is 9.71. The molecule has 1 aromatic rings. The minimum absolute atomic E-state index is 0.0634. The summed E-state index contributed by atoms with van der Waals surface area (Å²) in [6.45, 7) is 2.11. The Labute approximate surface area is 97.9 Å². The van der Waals surface area contributed by atoms with E-state index in [9.17, 15) is 4.79 Å². The maximum atomic E-state index is 11.4. The predicted molar refractivity (Wildman–Crippen MR) is 66.5 cm³/mol. The smallest absolute Gasteiger partial charge is 0.126 e. The van der Waals surface area contributed by atoms with Crippen LogP contribution < -0.4 is 0 Å². The maximum absolute atomic E-state index is 11.4. The third kappa shape index (κ3) is 2.52. The van der Waals surface area contributed by atoms with E-state index < -0.39 is 0 Å². The van der Waals surface area contributed by atoms with Crippen molar-refractivity contribution in [2.45, 2.75) is 45.4 Å². The van der Waals surface area contributed by atoms with Crippen LogP contribution in [0.3, 0.4) is 0 Å². The number of rotatable bonds is 3. The summed E-state index contributed by atoms with van der Waals surface area (Å²) in [5.74, 6) is 0. The van der Waals surface area contributed by atoms with Gasteiger partial charge >= 0.3 is 0 Å². The number of hydrogen-bond acceptors (Lipinski definition) is 1. The first-order valence-electron chi connectivity index (χ1n) is 6.26. The Morgan fingerprint density at radius 1 is 1.25 bits per heavy atom. The van der Waals surface area contributed by atoms with Gasteiger partial charge in [0, 0.05) is 5.41 Å². The molecule has 0 aliphatic heterocycles. The van der Waals surface area contributed by atoms with Gasteiger partial charge in [0.2, 0.25) is 0 Å². The molecule has 1 aliphatic rings. The molecule has 1 saturated carbocycles. The largest absolute Gasteiger partial charge is 0.303 e. The van der Waals surface area contributed by atoms with Crippen LogP contribution in [0.4, 0.5) is 0 Å². The lowest BCUT2D eigenvalue weighted by molar-refractivity contribution is -0.117. The van der Waals surface area contributed by atoms with E-state index >= 15 is 0 Å². The molecule has 0 N–H and O–H groups in total. The van der Waals surface area contributed by atoms with E-state index in [1.54, 1.807) is 0 Å². The van der Waals surface area contributed by atoms with Crippen molar-refractivity contribution in [1.29, 1.82) is 0 Å². The first-order chi connectivity index (χ1) is 7.74. The summed E-state index contributed by atoms with van der Waals surface area (Å²) in [4.78, 5) is 11.4. The molecule has 0 atom stereocenters. The van der Waals surface area contributed by atoms with E-state index in [4.69, 9.17) is 0 Å². The van der Waals surface area contributed by atoms with E-state index in [1.807, 2.05) is 0 Å². The molecule has 0 spiro atoms. The van der Waals surface area contributed by atoms with Gasteiger partial charge in [0.25, 0.3) is 0 Å². The summed E-state index contributed by atoms with van der Waals surface area (Å²) in [5.41, 5.74) is 2.54. The first kappa shape index (κ1) is 11.4. The molecule has 0 saturated heterocycles. The first-order valence-corrected chi connectivity index (χ1v) is 6.26. The zero-order valence-corrected chi connectivity index (χ0v) is 10.0. The lowest BCUT2D eigenvalue weighted by Crippen LogP contribution is -2.28. The van der Waals surface area contributed by atoms with Gasteiger partial charge in [-0.15, -0.1) is 0 Å². The standard InChI is InChI=1S/C15H20O/c1-13-6-5-7-14(10-13)11-15(12-16)8-3-2-4-9-15/h5-7,10,12H,2-4,8-9,11H2,1H3. The summed E-state index contributed by atoms with van der Waals surface area (Å²) >= 11 is 0. The second kappa shape index (κ2) is 4.82.